The molecular formula is C11H12N2O3. The summed E-state index contributed by atoms with van der Waals surface area (Å²) in [5.41, 5.74) is 0.0862. The second-order valence-electron chi connectivity index (χ2n) is 3.35. The number of nitrogens with zero attached hydrogens (tertiary/aromatic N) is 1. The SMILES string of the molecule is CCCc1[nH]c(=O)c(C#N)cc1C(=O)CO. The fourth-order valence-electron chi connectivity index (χ4n) is 1.43. The molecular weight excluding hydrogens is 208 g/mol. The summed E-state index contributed by atoms with van der Waals surface area (Å²) in [4.78, 5) is 25.3. The third kappa shape index (κ3) is 2.35. The Balaban J connectivity index is 3.37. The fraction of sp³-hybridized carbons (Fsp3) is 0.364. The van der Waals surface area contributed by atoms with Crippen molar-refractivity contribution in [2.75, 3.05) is 6.61 Å². The summed E-state index contributed by atoms with van der Waals surface area (Å²) in [6.45, 7) is 1.28. The highest BCUT2D eigenvalue weighted by Gasteiger charge is 2.13. The Morgan fingerprint density at radius 2 is 2.31 bits per heavy atom. The number of pyridine rings is 1. The van der Waals surface area contributed by atoms with E-state index in [0.29, 0.717) is 12.1 Å². The number of nitrogens with one attached hydrogen (secondary N) is 1. The first-order valence-corrected chi connectivity index (χ1v) is 4.94. The van der Waals surface area contributed by atoms with E-state index in [4.69, 9.17) is 10.4 Å². The van der Waals surface area contributed by atoms with Gasteiger partial charge >= 0.3 is 0 Å². The molecule has 1 aromatic heterocycles. The number of hydrogen-bond donors (Lipinski definition) is 2. The van der Waals surface area contributed by atoms with Crippen LogP contribution in [-0.4, -0.2) is 22.5 Å². The molecule has 84 valence electrons. The van der Waals surface area contributed by atoms with E-state index in [-0.39, 0.29) is 11.1 Å². The van der Waals surface area contributed by atoms with Gasteiger partial charge in [0.25, 0.3) is 5.56 Å². The van der Waals surface area contributed by atoms with Gasteiger partial charge in [-0.15, -0.1) is 0 Å². The number of Topliss-reactive ketones (excluding diaryl/α,β-unsaturated/α-hetero) is 1. The molecule has 1 aromatic rings. The molecule has 0 aliphatic heterocycles. The number of ketones is 1. The van der Waals surface area contributed by atoms with Gasteiger partial charge in [0, 0.05) is 11.3 Å². The Bertz CT molecular complexity index is 497. The molecule has 0 fully saturated rings. The van der Waals surface area contributed by atoms with E-state index in [1.165, 1.54) is 6.07 Å². The monoisotopic (exact) mass is 220 g/mol. The summed E-state index contributed by atoms with van der Waals surface area (Å²) in [6.07, 6.45) is 1.29. The molecule has 0 unspecified atom stereocenters. The van der Waals surface area contributed by atoms with Crippen molar-refractivity contribution in [2.45, 2.75) is 19.8 Å². The summed E-state index contributed by atoms with van der Waals surface area (Å²) in [5.74, 6) is -0.490. The van der Waals surface area contributed by atoms with Gasteiger partial charge in [0.1, 0.15) is 18.2 Å². The molecule has 0 saturated carbocycles. The van der Waals surface area contributed by atoms with Gasteiger partial charge in [-0.3, -0.25) is 9.59 Å². The number of aliphatic hydroxyl groups is 1. The number of carbonyl (C=O) groups is 1. The minimum absolute atomic E-state index is 0.114. The van der Waals surface area contributed by atoms with Crippen molar-refractivity contribution >= 4 is 5.78 Å². The van der Waals surface area contributed by atoms with Crippen LogP contribution in [0.2, 0.25) is 0 Å². The Labute approximate surface area is 92.4 Å². The van der Waals surface area contributed by atoms with Gasteiger partial charge in [0.15, 0.2) is 5.78 Å². The molecule has 0 bridgehead atoms. The number of aromatic amines is 1. The van der Waals surface area contributed by atoms with Crippen LogP contribution in [0.5, 0.6) is 0 Å². The zero-order chi connectivity index (χ0) is 12.1. The number of carbonyl (C=O) groups excluding carboxylic acids is 1. The Morgan fingerprint density at radius 3 is 2.81 bits per heavy atom. The predicted octanol–water partition coefficient (Wildman–Crippen LogP) is 0.374. The van der Waals surface area contributed by atoms with Crippen molar-refractivity contribution in [3.05, 3.63) is 33.2 Å². The van der Waals surface area contributed by atoms with Crippen LogP contribution >= 0.6 is 0 Å². The van der Waals surface area contributed by atoms with E-state index in [9.17, 15) is 9.59 Å². The normalized spacial score (nSPS) is 9.81. The lowest BCUT2D eigenvalue weighted by atomic mass is 10.0. The summed E-state index contributed by atoms with van der Waals surface area (Å²) in [5, 5.41) is 17.5. The van der Waals surface area contributed by atoms with Crippen LogP contribution in [0.25, 0.3) is 0 Å². The first-order chi connectivity index (χ1) is 7.63. The van der Waals surface area contributed by atoms with Gasteiger partial charge in [-0.05, 0) is 12.5 Å². The van der Waals surface area contributed by atoms with Crippen molar-refractivity contribution in [1.82, 2.24) is 4.98 Å². The molecule has 0 amide bonds. The average Bonchev–Trinajstić information content (AvgIpc) is 2.29. The number of aliphatic hydroxyl groups excluding tert-OH is 1. The van der Waals surface area contributed by atoms with Crippen LogP contribution in [0.4, 0.5) is 0 Å². The molecule has 0 saturated heterocycles. The Hall–Kier alpha value is -1.93. The molecule has 0 aromatic carbocycles. The molecule has 0 aliphatic rings. The number of rotatable bonds is 4. The predicted molar refractivity (Wildman–Crippen MR) is 57.2 cm³/mol. The van der Waals surface area contributed by atoms with Crippen molar-refractivity contribution in [2.24, 2.45) is 0 Å². The average molecular weight is 220 g/mol. The lowest BCUT2D eigenvalue weighted by molar-refractivity contribution is 0.0902. The van der Waals surface area contributed by atoms with Gasteiger partial charge in [-0.25, -0.2) is 0 Å². The molecule has 16 heavy (non-hydrogen) atoms. The molecule has 0 atom stereocenters. The minimum atomic E-state index is -0.631. The number of nitriles is 1. The first kappa shape index (κ1) is 12.1. The van der Waals surface area contributed by atoms with Gasteiger partial charge in [-0.2, -0.15) is 5.26 Å². The van der Waals surface area contributed by atoms with Gasteiger partial charge in [-0.1, -0.05) is 13.3 Å². The second kappa shape index (κ2) is 5.24. The molecule has 1 rings (SSSR count). The van der Waals surface area contributed by atoms with Crippen LogP contribution in [0.15, 0.2) is 10.9 Å². The van der Waals surface area contributed by atoms with E-state index >= 15 is 0 Å². The fourth-order valence-corrected chi connectivity index (χ4v) is 1.43. The van der Waals surface area contributed by atoms with Gasteiger partial charge in [0.05, 0.1) is 0 Å². The minimum Gasteiger partial charge on any atom is -0.388 e. The lowest BCUT2D eigenvalue weighted by Gasteiger charge is -2.06. The van der Waals surface area contributed by atoms with E-state index in [0.717, 1.165) is 6.42 Å². The quantitative estimate of drug-likeness (QED) is 0.717. The highest BCUT2D eigenvalue weighted by atomic mass is 16.3. The molecule has 0 spiro atoms. The van der Waals surface area contributed by atoms with E-state index in [1.807, 2.05) is 6.92 Å². The number of H-pyrrole nitrogens is 1. The maximum Gasteiger partial charge on any atom is 0.266 e. The van der Waals surface area contributed by atoms with Crippen molar-refractivity contribution in [3.63, 3.8) is 0 Å². The van der Waals surface area contributed by atoms with Gasteiger partial charge < -0.3 is 10.1 Å². The second-order valence-corrected chi connectivity index (χ2v) is 3.35. The van der Waals surface area contributed by atoms with Crippen LogP contribution < -0.4 is 5.56 Å². The van der Waals surface area contributed by atoms with E-state index in [2.05, 4.69) is 4.98 Å². The summed E-state index contributed by atoms with van der Waals surface area (Å²) in [7, 11) is 0. The van der Waals surface area contributed by atoms with Crippen LogP contribution in [0, 0.1) is 11.3 Å². The maximum atomic E-state index is 11.4. The Morgan fingerprint density at radius 1 is 1.62 bits per heavy atom. The van der Waals surface area contributed by atoms with Crippen molar-refractivity contribution < 1.29 is 9.90 Å². The van der Waals surface area contributed by atoms with Crippen LogP contribution in [-0.2, 0) is 6.42 Å². The largest absolute Gasteiger partial charge is 0.388 e. The van der Waals surface area contributed by atoms with Crippen LogP contribution in [0.3, 0.4) is 0 Å². The summed E-state index contributed by atoms with van der Waals surface area (Å²) in [6, 6.07) is 2.94. The topological polar surface area (TPSA) is 94.0 Å². The first-order valence-electron chi connectivity index (χ1n) is 4.94. The van der Waals surface area contributed by atoms with Crippen molar-refractivity contribution in [3.8, 4) is 6.07 Å². The smallest absolute Gasteiger partial charge is 0.266 e. The zero-order valence-electron chi connectivity index (χ0n) is 8.91. The lowest BCUT2D eigenvalue weighted by Crippen LogP contribution is -2.19. The highest BCUT2D eigenvalue weighted by Crippen LogP contribution is 2.09. The molecule has 0 radical (unpaired) electrons. The number of hydrogen-bond acceptors (Lipinski definition) is 4. The molecule has 1 heterocycles. The molecule has 5 heteroatoms. The van der Waals surface area contributed by atoms with E-state index in [1.54, 1.807) is 6.07 Å². The summed E-state index contributed by atoms with van der Waals surface area (Å²) >= 11 is 0. The maximum absolute atomic E-state index is 11.4. The Kier molecular flexibility index (Phi) is 3.97. The summed E-state index contributed by atoms with van der Waals surface area (Å²) < 4.78 is 0. The van der Waals surface area contributed by atoms with Gasteiger partial charge in [0.2, 0.25) is 0 Å². The molecule has 2 N–H and O–H groups in total. The van der Waals surface area contributed by atoms with Crippen molar-refractivity contribution in [1.29, 1.82) is 5.26 Å². The highest BCUT2D eigenvalue weighted by molar-refractivity contribution is 5.98. The standard InChI is InChI=1S/C11H12N2O3/c1-2-3-9-8(10(15)6-14)4-7(5-12)11(16)13-9/h4,14H,2-3,6H2,1H3,(H,13,16). The van der Waals surface area contributed by atoms with E-state index < -0.39 is 17.9 Å². The molecule has 5 nitrogen and oxygen atoms in total. The third-order valence-electron chi connectivity index (χ3n) is 2.19. The molecule has 0 aliphatic carbocycles. The number of aromatic nitrogens is 1. The third-order valence-corrected chi connectivity index (χ3v) is 2.19. The zero-order valence-corrected chi connectivity index (χ0v) is 8.91. The number of aryl methyl sites for hydroxylation is 1. The van der Waals surface area contributed by atoms with Crippen LogP contribution in [0.1, 0.15) is 35.0 Å².